The second-order valence-corrected chi connectivity index (χ2v) is 6.20. The first-order chi connectivity index (χ1) is 12.7. The molecule has 0 unspecified atom stereocenters. The molecule has 7 nitrogen and oxygen atoms in total. The van der Waals surface area contributed by atoms with E-state index in [-0.39, 0.29) is 11.8 Å². The molecule has 2 amide bonds. The highest BCUT2D eigenvalue weighted by atomic mass is 16.2. The van der Waals surface area contributed by atoms with E-state index in [1.165, 1.54) is 10.0 Å². The summed E-state index contributed by atoms with van der Waals surface area (Å²) in [6.07, 6.45) is 5.67. The number of carbonyl (C=O) groups excluding carboxylic acids is 2. The Morgan fingerprint density at radius 3 is 2.46 bits per heavy atom. The van der Waals surface area contributed by atoms with Gasteiger partial charge in [-0.25, -0.2) is 14.7 Å². The molecule has 3 aromatic rings. The lowest BCUT2D eigenvalue weighted by atomic mass is 10.2. The average molecular weight is 349 g/mol. The van der Waals surface area contributed by atoms with Crippen molar-refractivity contribution in [3.8, 4) is 5.69 Å². The van der Waals surface area contributed by atoms with Crippen molar-refractivity contribution in [1.82, 2.24) is 24.8 Å². The molecule has 1 aliphatic rings. The fraction of sp³-hybridized carbons (Fsp3) is 0.211. The number of aromatic nitrogens is 3. The molecule has 1 fully saturated rings. The van der Waals surface area contributed by atoms with Gasteiger partial charge in [0.2, 0.25) is 0 Å². The van der Waals surface area contributed by atoms with Crippen molar-refractivity contribution in [3.05, 3.63) is 71.8 Å². The van der Waals surface area contributed by atoms with Crippen LogP contribution in [0.15, 0.2) is 55.0 Å². The number of amides is 2. The Kier molecular flexibility index (Phi) is 4.04. The molecule has 1 saturated heterocycles. The number of hydrogen-bond donors (Lipinski definition) is 1. The van der Waals surface area contributed by atoms with E-state index in [1.54, 1.807) is 29.3 Å². The molecule has 0 aliphatic carbocycles. The van der Waals surface area contributed by atoms with Gasteiger partial charge in [-0.15, -0.1) is 0 Å². The van der Waals surface area contributed by atoms with Gasteiger partial charge in [-0.05, 0) is 31.5 Å². The molecule has 4 rings (SSSR count). The summed E-state index contributed by atoms with van der Waals surface area (Å²) in [7, 11) is 0. The Bertz CT molecular complexity index is 930. The number of rotatable bonds is 3. The van der Waals surface area contributed by atoms with E-state index < -0.39 is 0 Å². The minimum absolute atomic E-state index is 0.176. The molecular formula is C19H19N5O2. The lowest BCUT2D eigenvalue weighted by Gasteiger charge is -2.27. The summed E-state index contributed by atoms with van der Waals surface area (Å²) in [5.74, 6) is -0.378. The minimum Gasteiger partial charge on any atom is -0.367 e. The first kappa shape index (κ1) is 16.1. The summed E-state index contributed by atoms with van der Waals surface area (Å²) in [6, 6.07) is 11.4. The van der Waals surface area contributed by atoms with Crippen molar-refractivity contribution < 1.29 is 9.59 Å². The van der Waals surface area contributed by atoms with Crippen molar-refractivity contribution in [2.75, 3.05) is 13.1 Å². The van der Waals surface area contributed by atoms with Crippen molar-refractivity contribution in [1.29, 1.82) is 0 Å². The summed E-state index contributed by atoms with van der Waals surface area (Å²) in [5.41, 5.74) is 2.69. The smallest absolute Gasteiger partial charge is 0.275 e. The van der Waals surface area contributed by atoms with Gasteiger partial charge >= 0.3 is 0 Å². The fourth-order valence-electron chi connectivity index (χ4n) is 3.23. The highest BCUT2D eigenvalue weighted by Gasteiger charge is 2.33. The van der Waals surface area contributed by atoms with Crippen molar-refractivity contribution >= 4 is 11.8 Å². The van der Waals surface area contributed by atoms with Crippen LogP contribution in [0.1, 0.15) is 32.8 Å². The first-order valence-electron chi connectivity index (χ1n) is 8.53. The van der Waals surface area contributed by atoms with Gasteiger partial charge in [-0.2, -0.15) is 5.10 Å². The number of para-hydroxylation sites is 1. The normalized spacial score (nSPS) is 14.0. The SMILES string of the molecule is Cc1c(C(=O)N2CCCN2C(=O)c2cc[nH]c2)cnn1-c1ccccc1. The van der Waals surface area contributed by atoms with E-state index in [9.17, 15) is 9.59 Å². The Morgan fingerprint density at radius 2 is 1.77 bits per heavy atom. The van der Waals surface area contributed by atoms with Gasteiger partial charge in [0.1, 0.15) is 0 Å². The number of H-pyrrole nitrogens is 1. The van der Waals surface area contributed by atoms with Crippen LogP contribution in [0.3, 0.4) is 0 Å². The molecular weight excluding hydrogens is 330 g/mol. The minimum atomic E-state index is -0.203. The summed E-state index contributed by atoms with van der Waals surface area (Å²) in [6.45, 7) is 2.91. The van der Waals surface area contributed by atoms with E-state index in [0.717, 1.165) is 17.8 Å². The molecule has 1 N–H and O–H groups in total. The molecule has 1 aliphatic heterocycles. The zero-order valence-corrected chi connectivity index (χ0v) is 14.4. The van der Waals surface area contributed by atoms with Crippen LogP contribution >= 0.6 is 0 Å². The lowest BCUT2D eigenvalue weighted by Crippen LogP contribution is -2.44. The summed E-state index contributed by atoms with van der Waals surface area (Å²) in [5, 5.41) is 7.40. The molecule has 0 bridgehead atoms. The quantitative estimate of drug-likeness (QED) is 0.789. The molecule has 2 aromatic heterocycles. The third kappa shape index (κ3) is 2.67. The second-order valence-electron chi connectivity index (χ2n) is 6.20. The van der Waals surface area contributed by atoms with E-state index in [0.29, 0.717) is 24.2 Å². The molecule has 0 spiro atoms. The predicted molar refractivity (Wildman–Crippen MR) is 95.8 cm³/mol. The number of nitrogens with zero attached hydrogens (tertiary/aromatic N) is 4. The van der Waals surface area contributed by atoms with Crippen LogP contribution in [0.4, 0.5) is 0 Å². The maximum atomic E-state index is 13.1. The molecule has 0 radical (unpaired) electrons. The Morgan fingerprint density at radius 1 is 1.04 bits per heavy atom. The average Bonchev–Trinajstić information content (AvgIpc) is 3.42. The van der Waals surface area contributed by atoms with Crippen LogP contribution in [0.25, 0.3) is 5.69 Å². The van der Waals surface area contributed by atoms with Gasteiger partial charge < -0.3 is 4.98 Å². The van der Waals surface area contributed by atoms with E-state index in [2.05, 4.69) is 10.1 Å². The zero-order chi connectivity index (χ0) is 18.1. The number of hydrogen-bond acceptors (Lipinski definition) is 3. The van der Waals surface area contributed by atoms with Gasteiger partial charge in [0.25, 0.3) is 11.8 Å². The third-order valence-electron chi connectivity index (χ3n) is 4.59. The number of benzene rings is 1. The summed E-state index contributed by atoms with van der Waals surface area (Å²) < 4.78 is 1.74. The Labute approximate surface area is 150 Å². The van der Waals surface area contributed by atoms with E-state index >= 15 is 0 Å². The highest BCUT2D eigenvalue weighted by Crippen LogP contribution is 2.21. The molecule has 0 atom stereocenters. The molecule has 1 aromatic carbocycles. The third-order valence-corrected chi connectivity index (χ3v) is 4.59. The standard InChI is InChI=1S/C19H19N5O2/c1-14-17(13-21-24(14)16-6-3-2-4-7-16)19(26)23-11-5-10-22(23)18(25)15-8-9-20-12-15/h2-4,6-9,12-13,20H,5,10-11H2,1H3. The number of aromatic amines is 1. The highest BCUT2D eigenvalue weighted by molar-refractivity contribution is 5.99. The first-order valence-corrected chi connectivity index (χ1v) is 8.53. The lowest BCUT2D eigenvalue weighted by molar-refractivity contribution is 0.0185. The maximum Gasteiger partial charge on any atom is 0.275 e. The summed E-state index contributed by atoms with van der Waals surface area (Å²) >= 11 is 0. The monoisotopic (exact) mass is 349 g/mol. The van der Waals surface area contributed by atoms with Gasteiger partial charge in [0.05, 0.1) is 28.7 Å². The van der Waals surface area contributed by atoms with E-state index in [4.69, 9.17) is 0 Å². The maximum absolute atomic E-state index is 13.1. The van der Waals surface area contributed by atoms with Crippen LogP contribution in [0.5, 0.6) is 0 Å². The van der Waals surface area contributed by atoms with Crippen LogP contribution in [0.2, 0.25) is 0 Å². The fourth-order valence-corrected chi connectivity index (χ4v) is 3.23. The van der Waals surface area contributed by atoms with Crippen LogP contribution in [0, 0.1) is 6.92 Å². The molecule has 7 heteroatoms. The van der Waals surface area contributed by atoms with Gasteiger partial charge in [-0.1, -0.05) is 18.2 Å². The van der Waals surface area contributed by atoms with Crippen molar-refractivity contribution in [2.45, 2.75) is 13.3 Å². The predicted octanol–water partition coefficient (Wildman–Crippen LogP) is 2.41. The molecule has 26 heavy (non-hydrogen) atoms. The van der Waals surface area contributed by atoms with Crippen LogP contribution in [-0.4, -0.2) is 49.7 Å². The van der Waals surface area contributed by atoms with Crippen molar-refractivity contribution in [3.63, 3.8) is 0 Å². The van der Waals surface area contributed by atoms with Gasteiger partial charge in [0.15, 0.2) is 0 Å². The Hall–Kier alpha value is -3.35. The van der Waals surface area contributed by atoms with E-state index in [1.807, 2.05) is 37.3 Å². The van der Waals surface area contributed by atoms with Crippen molar-refractivity contribution in [2.24, 2.45) is 0 Å². The van der Waals surface area contributed by atoms with Crippen LogP contribution < -0.4 is 0 Å². The van der Waals surface area contributed by atoms with Crippen LogP contribution in [-0.2, 0) is 0 Å². The second kappa shape index (κ2) is 6.51. The van der Waals surface area contributed by atoms with Gasteiger partial charge in [0, 0.05) is 25.5 Å². The molecule has 3 heterocycles. The zero-order valence-electron chi connectivity index (χ0n) is 14.4. The molecule has 0 saturated carbocycles. The van der Waals surface area contributed by atoms with Gasteiger partial charge in [-0.3, -0.25) is 9.59 Å². The topological polar surface area (TPSA) is 74.2 Å². The number of hydrazine groups is 1. The summed E-state index contributed by atoms with van der Waals surface area (Å²) in [4.78, 5) is 28.6. The largest absolute Gasteiger partial charge is 0.367 e. The molecule has 132 valence electrons. The Balaban J connectivity index is 1.61. The number of nitrogens with one attached hydrogen (secondary N) is 1. The number of carbonyl (C=O) groups is 2.